The number of fused-ring (bicyclic) bond motifs is 1. The topological polar surface area (TPSA) is 44.1 Å². The molecule has 1 heterocycles. The molecular formula is C16H18N2O2. The van der Waals surface area contributed by atoms with Crippen LogP contribution in [0.2, 0.25) is 0 Å². The van der Waals surface area contributed by atoms with Gasteiger partial charge in [0.15, 0.2) is 5.78 Å². The molecule has 0 amide bonds. The van der Waals surface area contributed by atoms with Crippen molar-refractivity contribution < 1.29 is 9.53 Å². The first-order valence-corrected chi connectivity index (χ1v) is 6.91. The van der Waals surface area contributed by atoms with Crippen LogP contribution in [-0.2, 0) is 6.54 Å². The summed E-state index contributed by atoms with van der Waals surface area (Å²) >= 11 is 0. The van der Waals surface area contributed by atoms with Crippen molar-refractivity contribution in [3.8, 4) is 5.75 Å². The highest BCUT2D eigenvalue weighted by molar-refractivity contribution is 5.98. The van der Waals surface area contributed by atoms with Crippen molar-refractivity contribution in [1.29, 1.82) is 0 Å². The quantitative estimate of drug-likeness (QED) is 0.861. The zero-order valence-electron chi connectivity index (χ0n) is 11.8. The summed E-state index contributed by atoms with van der Waals surface area (Å²) in [6, 6.07) is 7.91. The van der Waals surface area contributed by atoms with E-state index < -0.39 is 0 Å². The molecule has 1 aromatic heterocycles. The first-order valence-electron chi connectivity index (χ1n) is 6.91. The normalized spacial score (nSPS) is 17.9. The standard InChI is InChI=1S/C16H18N2O2/c1-11-3-8-15(19)14-10-18(17-16(11)14)9-12-4-6-13(20-2)7-5-12/h4-7,10-11H,3,8-9H2,1-2H3. The summed E-state index contributed by atoms with van der Waals surface area (Å²) in [6.45, 7) is 2.81. The fourth-order valence-electron chi connectivity index (χ4n) is 2.63. The van der Waals surface area contributed by atoms with Gasteiger partial charge in [0.2, 0.25) is 0 Å². The summed E-state index contributed by atoms with van der Waals surface area (Å²) in [5.74, 6) is 1.44. The minimum absolute atomic E-state index is 0.221. The number of ketones is 1. The molecule has 3 rings (SSSR count). The highest BCUT2D eigenvalue weighted by Crippen LogP contribution is 2.29. The molecule has 1 aromatic carbocycles. The molecule has 0 saturated carbocycles. The molecule has 0 saturated heterocycles. The van der Waals surface area contributed by atoms with E-state index in [0.29, 0.717) is 18.9 Å². The molecular weight excluding hydrogens is 252 g/mol. The van der Waals surface area contributed by atoms with Gasteiger partial charge in [0.05, 0.1) is 24.9 Å². The summed E-state index contributed by atoms with van der Waals surface area (Å²) in [4.78, 5) is 11.9. The molecule has 20 heavy (non-hydrogen) atoms. The fourth-order valence-corrected chi connectivity index (χ4v) is 2.63. The van der Waals surface area contributed by atoms with Crippen molar-refractivity contribution in [3.05, 3.63) is 47.3 Å². The van der Waals surface area contributed by atoms with Crippen LogP contribution >= 0.6 is 0 Å². The first-order chi connectivity index (χ1) is 9.67. The van der Waals surface area contributed by atoms with Gasteiger partial charge in [0, 0.05) is 18.5 Å². The Morgan fingerprint density at radius 2 is 2.10 bits per heavy atom. The van der Waals surface area contributed by atoms with Gasteiger partial charge in [-0.3, -0.25) is 9.48 Å². The molecule has 1 atom stereocenters. The van der Waals surface area contributed by atoms with Gasteiger partial charge in [-0.2, -0.15) is 5.10 Å². The van der Waals surface area contributed by atoms with Crippen LogP contribution < -0.4 is 4.74 Å². The van der Waals surface area contributed by atoms with Gasteiger partial charge in [-0.05, 0) is 24.1 Å². The molecule has 0 spiro atoms. The Bertz CT molecular complexity index is 628. The minimum Gasteiger partial charge on any atom is -0.497 e. The first kappa shape index (κ1) is 12.9. The molecule has 0 radical (unpaired) electrons. The predicted molar refractivity (Wildman–Crippen MR) is 76.3 cm³/mol. The molecule has 2 aromatic rings. The number of carbonyl (C=O) groups excluding carboxylic acids is 1. The van der Waals surface area contributed by atoms with Gasteiger partial charge in [-0.25, -0.2) is 0 Å². The van der Waals surface area contributed by atoms with Crippen molar-refractivity contribution in [2.24, 2.45) is 0 Å². The average molecular weight is 270 g/mol. The fraction of sp³-hybridized carbons (Fsp3) is 0.375. The maximum atomic E-state index is 11.9. The lowest BCUT2D eigenvalue weighted by molar-refractivity contribution is 0.0968. The lowest BCUT2D eigenvalue weighted by Crippen LogP contribution is -2.12. The SMILES string of the molecule is COc1ccc(Cn2cc3c(n2)C(C)CCC3=O)cc1. The number of rotatable bonds is 3. The Morgan fingerprint density at radius 1 is 1.35 bits per heavy atom. The molecule has 0 bridgehead atoms. The van der Waals surface area contributed by atoms with Crippen LogP contribution in [0.5, 0.6) is 5.75 Å². The van der Waals surface area contributed by atoms with Crippen LogP contribution in [0.15, 0.2) is 30.5 Å². The van der Waals surface area contributed by atoms with Crippen molar-refractivity contribution >= 4 is 5.78 Å². The summed E-state index contributed by atoms with van der Waals surface area (Å²) in [7, 11) is 1.66. The van der Waals surface area contributed by atoms with Crippen LogP contribution in [0, 0.1) is 0 Å². The highest BCUT2D eigenvalue weighted by atomic mass is 16.5. The summed E-state index contributed by atoms with van der Waals surface area (Å²) in [5, 5.41) is 4.58. The van der Waals surface area contributed by atoms with Gasteiger partial charge in [-0.15, -0.1) is 0 Å². The molecule has 1 aliphatic carbocycles. The molecule has 0 N–H and O–H groups in total. The van der Waals surface area contributed by atoms with Crippen molar-refractivity contribution in [2.45, 2.75) is 32.2 Å². The highest BCUT2D eigenvalue weighted by Gasteiger charge is 2.26. The number of hydrogen-bond acceptors (Lipinski definition) is 3. The third-order valence-electron chi connectivity index (χ3n) is 3.87. The third-order valence-corrected chi connectivity index (χ3v) is 3.87. The molecule has 4 nitrogen and oxygen atoms in total. The lowest BCUT2D eigenvalue weighted by Gasteiger charge is -2.14. The van der Waals surface area contributed by atoms with Crippen molar-refractivity contribution in [3.63, 3.8) is 0 Å². The van der Waals surface area contributed by atoms with Crippen LogP contribution in [-0.4, -0.2) is 22.7 Å². The van der Waals surface area contributed by atoms with Gasteiger partial charge < -0.3 is 4.74 Å². The van der Waals surface area contributed by atoms with E-state index >= 15 is 0 Å². The van der Waals surface area contributed by atoms with Gasteiger partial charge >= 0.3 is 0 Å². The molecule has 0 fully saturated rings. The van der Waals surface area contributed by atoms with Gasteiger partial charge in [0.25, 0.3) is 0 Å². The number of aromatic nitrogens is 2. The number of Topliss-reactive ketones (excluding diaryl/α,β-unsaturated/α-hetero) is 1. The predicted octanol–water partition coefficient (Wildman–Crippen LogP) is 3.02. The van der Waals surface area contributed by atoms with Crippen LogP contribution in [0.3, 0.4) is 0 Å². The molecule has 4 heteroatoms. The number of nitrogens with zero attached hydrogens (tertiary/aromatic N) is 2. The summed E-state index contributed by atoms with van der Waals surface area (Å²) in [5.41, 5.74) is 2.90. The Hall–Kier alpha value is -2.10. The van der Waals surface area contributed by atoms with Crippen LogP contribution in [0.4, 0.5) is 0 Å². The largest absolute Gasteiger partial charge is 0.497 e. The van der Waals surface area contributed by atoms with Crippen LogP contribution in [0.25, 0.3) is 0 Å². The number of methoxy groups -OCH3 is 1. The van der Waals surface area contributed by atoms with E-state index in [1.165, 1.54) is 0 Å². The maximum Gasteiger partial charge on any atom is 0.166 e. The molecule has 1 unspecified atom stereocenters. The Balaban J connectivity index is 1.84. The monoisotopic (exact) mass is 270 g/mol. The second kappa shape index (κ2) is 5.12. The number of hydrogen-bond donors (Lipinski definition) is 0. The second-order valence-corrected chi connectivity index (χ2v) is 5.34. The smallest absolute Gasteiger partial charge is 0.166 e. The zero-order chi connectivity index (χ0) is 14.1. The van der Waals surface area contributed by atoms with E-state index in [0.717, 1.165) is 29.0 Å². The van der Waals surface area contributed by atoms with Gasteiger partial charge in [-0.1, -0.05) is 19.1 Å². The van der Waals surface area contributed by atoms with E-state index in [2.05, 4.69) is 12.0 Å². The molecule has 1 aliphatic rings. The number of benzene rings is 1. The van der Waals surface area contributed by atoms with E-state index in [1.54, 1.807) is 7.11 Å². The van der Waals surface area contributed by atoms with E-state index in [4.69, 9.17) is 4.74 Å². The van der Waals surface area contributed by atoms with E-state index in [9.17, 15) is 4.79 Å². The average Bonchev–Trinajstić information content (AvgIpc) is 2.89. The maximum absolute atomic E-state index is 11.9. The number of carbonyl (C=O) groups is 1. The van der Waals surface area contributed by atoms with E-state index in [1.807, 2.05) is 35.1 Å². The Kier molecular flexibility index (Phi) is 3.30. The van der Waals surface area contributed by atoms with Crippen molar-refractivity contribution in [1.82, 2.24) is 9.78 Å². The Morgan fingerprint density at radius 3 is 2.75 bits per heavy atom. The number of ether oxygens (including phenoxy) is 1. The van der Waals surface area contributed by atoms with E-state index in [-0.39, 0.29) is 5.78 Å². The van der Waals surface area contributed by atoms with Gasteiger partial charge in [0.1, 0.15) is 5.75 Å². The van der Waals surface area contributed by atoms with Crippen molar-refractivity contribution in [2.75, 3.05) is 7.11 Å². The summed E-state index contributed by atoms with van der Waals surface area (Å²) in [6.07, 6.45) is 3.44. The minimum atomic E-state index is 0.221. The third kappa shape index (κ3) is 2.33. The van der Waals surface area contributed by atoms with Crippen LogP contribution in [0.1, 0.15) is 47.3 Å². The summed E-state index contributed by atoms with van der Waals surface area (Å²) < 4.78 is 7.01. The molecule has 104 valence electrons. The Labute approximate surface area is 118 Å². The second-order valence-electron chi connectivity index (χ2n) is 5.34. The zero-order valence-corrected chi connectivity index (χ0v) is 11.8. The molecule has 0 aliphatic heterocycles. The lowest BCUT2D eigenvalue weighted by atomic mass is 9.89.